The zero-order valence-electron chi connectivity index (χ0n) is 7.81. The van der Waals surface area contributed by atoms with Crippen molar-refractivity contribution >= 4 is 17.4 Å². The summed E-state index contributed by atoms with van der Waals surface area (Å²) in [6.07, 6.45) is 2.62. The van der Waals surface area contributed by atoms with Gasteiger partial charge in [-0.05, 0) is 13.3 Å². The molecule has 0 heterocycles. The van der Waals surface area contributed by atoms with Gasteiger partial charge in [-0.15, -0.1) is 11.6 Å². The van der Waals surface area contributed by atoms with Gasteiger partial charge in [0.1, 0.15) is 0 Å². The zero-order chi connectivity index (χ0) is 9.40. The molecule has 72 valence electrons. The number of carbonyl (C=O) groups excluding carboxylic acids is 1. The predicted molar refractivity (Wildman–Crippen MR) is 50.7 cm³/mol. The molecule has 3 heteroatoms. The fourth-order valence-electron chi connectivity index (χ4n) is 0.720. The minimum absolute atomic E-state index is 0.0631. The van der Waals surface area contributed by atoms with Crippen LogP contribution in [0.4, 0.5) is 0 Å². The molecule has 0 aromatic carbocycles. The van der Waals surface area contributed by atoms with E-state index in [1.807, 2.05) is 0 Å². The molecular weight excluding hydrogens is 176 g/mol. The van der Waals surface area contributed by atoms with E-state index >= 15 is 0 Å². The van der Waals surface area contributed by atoms with Crippen molar-refractivity contribution in [2.24, 2.45) is 0 Å². The van der Waals surface area contributed by atoms with Crippen LogP contribution >= 0.6 is 11.6 Å². The van der Waals surface area contributed by atoms with Crippen LogP contribution in [0.3, 0.4) is 0 Å². The highest BCUT2D eigenvalue weighted by molar-refractivity contribution is 6.30. The molecule has 0 aliphatic heterocycles. The molecule has 0 radical (unpaired) electrons. The molecule has 0 saturated heterocycles. The molecule has 1 atom stereocenters. The Balaban J connectivity index is 3.14. The molecule has 2 nitrogen and oxygen atoms in total. The summed E-state index contributed by atoms with van der Waals surface area (Å²) in [7, 11) is 0. The van der Waals surface area contributed by atoms with Crippen LogP contribution in [-0.2, 0) is 9.53 Å². The molecule has 0 bridgehead atoms. The Morgan fingerprint density at radius 3 is 2.67 bits per heavy atom. The number of hydrogen-bond acceptors (Lipinski definition) is 2. The van der Waals surface area contributed by atoms with Crippen LogP contribution in [0.15, 0.2) is 0 Å². The molecule has 12 heavy (non-hydrogen) atoms. The van der Waals surface area contributed by atoms with E-state index in [-0.39, 0.29) is 11.2 Å². The third-order valence-electron chi connectivity index (χ3n) is 1.58. The fraction of sp³-hybridized carbons (Fsp3) is 0.889. The molecule has 0 fully saturated rings. The van der Waals surface area contributed by atoms with Crippen molar-refractivity contribution in [2.45, 2.75) is 38.5 Å². The Morgan fingerprint density at radius 2 is 2.17 bits per heavy atom. The van der Waals surface area contributed by atoms with Crippen LogP contribution in [0.5, 0.6) is 0 Å². The van der Waals surface area contributed by atoms with Crippen molar-refractivity contribution < 1.29 is 9.53 Å². The highest BCUT2D eigenvalue weighted by Gasteiger charge is 2.07. The summed E-state index contributed by atoms with van der Waals surface area (Å²) in [6, 6.07) is 0. The van der Waals surface area contributed by atoms with Crippen LogP contribution in [0, 0.1) is 0 Å². The fourth-order valence-corrected chi connectivity index (χ4v) is 0.829. The number of unbranched alkanes of at least 4 members (excludes halogenated alkanes) is 1. The lowest BCUT2D eigenvalue weighted by atomic mass is 10.2. The number of Topliss-reactive ketones (excluding diaryl/α,β-unsaturated/α-hetero) is 1. The van der Waals surface area contributed by atoms with Gasteiger partial charge in [0.15, 0.2) is 5.78 Å². The second kappa shape index (κ2) is 7.56. The summed E-state index contributed by atoms with van der Waals surface area (Å²) in [4.78, 5) is 11.0. The highest BCUT2D eigenvalue weighted by Crippen LogP contribution is 1.99. The monoisotopic (exact) mass is 192 g/mol. The SMILES string of the molecule is CCCCOCCC(=O)C(C)Cl. The highest BCUT2D eigenvalue weighted by atomic mass is 35.5. The quantitative estimate of drug-likeness (QED) is 0.458. The van der Waals surface area contributed by atoms with Crippen molar-refractivity contribution in [3.63, 3.8) is 0 Å². The van der Waals surface area contributed by atoms with Crippen LogP contribution in [0.25, 0.3) is 0 Å². The van der Waals surface area contributed by atoms with Gasteiger partial charge in [0, 0.05) is 13.0 Å². The van der Waals surface area contributed by atoms with Crippen molar-refractivity contribution in [1.29, 1.82) is 0 Å². The molecule has 0 aliphatic carbocycles. The first-order valence-corrected chi connectivity index (χ1v) is 4.86. The van der Waals surface area contributed by atoms with E-state index in [9.17, 15) is 4.79 Å². The van der Waals surface area contributed by atoms with Crippen LogP contribution in [0.1, 0.15) is 33.1 Å². The van der Waals surface area contributed by atoms with E-state index in [1.165, 1.54) is 0 Å². The summed E-state index contributed by atoms with van der Waals surface area (Å²) < 4.78 is 5.22. The zero-order valence-corrected chi connectivity index (χ0v) is 8.56. The van der Waals surface area contributed by atoms with Crippen LogP contribution in [-0.4, -0.2) is 24.4 Å². The minimum Gasteiger partial charge on any atom is -0.381 e. The molecule has 0 spiro atoms. The first kappa shape index (κ1) is 11.9. The maximum absolute atomic E-state index is 11.0. The second-order valence-electron chi connectivity index (χ2n) is 2.80. The molecular formula is C9H17ClO2. The predicted octanol–water partition coefficient (Wildman–Crippen LogP) is 2.39. The van der Waals surface area contributed by atoms with Crippen molar-refractivity contribution in [1.82, 2.24) is 0 Å². The number of carbonyl (C=O) groups is 1. The summed E-state index contributed by atoms with van der Waals surface area (Å²) >= 11 is 5.56. The third-order valence-corrected chi connectivity index (χ3v) is 1.82. The topological polar surface area (TPSA) is 26.3 Å². The number of hydrogen-bond donors (Lipinski definition) is 0. The second-order valence-corrected chi connectivity index (χ2v) is 3.45. The summed E-state index contributed by atoms with van der Waals surface area (Å²) in [5.41, 5.74) is 0. The van der Waals surface area contributed by atoms with Crippen molar-refractivity contribution in [3.05, 3.63) is 0 Å². The Kier molecular flexibility index (Phi) is 7.51. The van der Waals surface area contributed by atoms with Crippen LogP contribution < -0.4 is 0 Å². The smallest absolute Gasteiger partial charge is 0.152 e. The molecule has 1 unspecified atom stereocenters. The van der Waals surface area contributed by atoms with E-state index in [0.717, 1.165) is 19.4 Å². The lowest BCUT2D eigenvalue weighted by molar-refractivity contribution is -0.119. The Morgan fingerprint density at radius 1 is 1.50 bits per heavy atom. The van der Waals surface area contributed by atoms with Gasteiger partial charge in [-0.3, -0.25) is 4.79 Å². The van der Waals surface area contributed by atoms with Gasteiger partial charge in [0.05, 0.1) is 12.0 Å². The van der Waals surface area contributed by atoms with Gasteiger partial charge in [-0.1, -0.05) is 13.3 Å². The van der Waals surface area contributed by atoms with Gasteiger partial charge >= 0.3 is 0 Å². The van der Waals surface area contributed by atoms with Crippen molar-refractivity contribution in [2.75, 3.05) is 13.2 Å². The van der Waals surface area contributed by atoms with E-state index in [1.54, 1.807) is 6.92 Å². The lowest BCUT2D eigenvalue weighted by Crippen LogP contribution is -2.13. The Labute approximate surface area is 79.2 Å². The molecule has 0 rings (SSSR count). The first-order valence-electron chi connectivity index (χ1n) is 4.43. The van der Waals surface area contributed by atoms with E-state index in [4.69, 9.17) is 16.3 Å². The number of rotatable bonds is 7. The molecule has 0 amide bonds. The molecule has 0 aromatic heterocycles. The Bertz CT molecular complexity index is 124. The molecule has 0 aliphatic rings. The Hall–Kier alpha value is -0.0800. The van der Waals surface area contributed by atoms with Gasteiger partial charge in [0.2, 0.25) is 0 Å². The standard InChI is InChI=1S/C9H17ClO2/c1-3-4-6-12-7-5-9(11)8(2)10/h8H,3-7H2,1-2H3. The summed E-state index contributed by atoms with van der Waals surface area (Å²) in [6.45, 7) is 5.06. The summed E-state index contributed by atoms with van der Waals surface area (Å²) in [5.74, 6) is 0.0631. The average molecular weight is 193 g/mol. The van der Waals surface area contributed by atoms with E-state index in [0.29, 0.717) is 13.0 Å². The number of ether oxygens (including phenoxy) is 1. The normalized spacial score (nSPS) is 12.9. The maximum atomic E-state index is 11.0. The number of alkyl halides is 1. The van der Waals surface area contributed by atoms with E-state index < -0.39 is 0 Å². The van der Waals surface area contributed by atoms with Gasteiger partial charge < -0.3 is 4.74 Å². The van der Waals surface area contributed by atoms with Gasteiger partial charge in [-0.2, -0.15) is 0 Å². The lowest BCUT2D eigenvalue weighted by Gasteiger charge is -2.03. The third kappa shape index (κ3) is 6.62. The van der Waals surface area contributed by atoms with E-state index in [2.05, 4.69) is 6.92 Å². The maximum Gasteiger partial charge on any atom is 0.152 e. The largest absolute Gasteiger partial charge is 0.381 e. The molecule has 0 aromatic rings. The number of halogens is 1. The number of ketones is 1. The average Bonchev–Trinajstić information content (AvgIpc) is 2.03. The van der Waals surface area contributed by atoms with Gasteiger partial charge in [0.25, 0.3) is 0 Å². The summed E-state index contributed by atoms with van der Waals surface area (Å²) in [5, 5.41) is -0.375. The molecule has 0 N–H and O–H groups in total. The van der Waals surface area contributed by atoms with Gasteiger partial charge in [-0.25, -0.2) is 0 Å². The van der Waals surface area contributed by atoms with Crippen LogP contribution in [0.2, 0.25) is 0 Å². The minimum atomic E-state index is -0.375. The molecule has 0 saturated carbocycles. The van der Waals surface area contributed by atoms with Crippen molar-refractivity contribution in [3.8, 4) is 0 Å². The first-order chi connectivity index (χ1) is 5.68.